The molecule has 0 radical (unpaired) electrons. The second-order valence-corrected chi connectivity index (χ2v) is 6.04. The van der Waals surface area contributed by atoms with Gasteiger partial charge in [0.2, 0.25) is 5.91 Å². The highest BCUT2D eigenvalue weighted by molar-refractivity contribution is 9.11. The Kier molecular flexibility index (Phi) is 4.25. The van der Waals surface area contributed by atoms with Gasteiger partial charge in [-0.25, -0.2) is 0 Å². The summed E-state index contributed by atoms with van der Waals surface area (Å²) in [5, 5.41) is 0. The van der Waals surface area contributed by atoms with Gasteiger partial charge in [0, 0.05) is 24.1 Å². The highest BCUT2D eigenvalue weighted by Gasteiger charge is 2.41. The Balaban J connectivity index is 1.99. The van der Waals surface area contributed by atoms with Gasteiger partial charge < -0.3 is 4.90 Å². The summed E-state index contributed by atoms with van der Waals surface area (Å²) in [6.07, 6.45) is -2.98. The van der Waals surface area contributed by atoms with Crippen molar-refractivity contribution >= 4 is 21.8 Å². The van der Waals surface area contributed by atoms with Crippen LogP contribution in [0, 0.1) is 0 Å². The van der Waals surface area contributed by atoms with E-state index in [-0.39, 0.29) is 6.54 Å². The van der Waals surface area contributed by atoms with Crippen LogP contribution in [0.15, 0.2) is 10.1 Å². The summed E-state index contributed by atoms with van der Waals surface area (Å²) in [5.41, 5.74) is 1.24. The van der Waals surface area contributed by atoms with Crippen LogP contribution in [0.4, 0.5) is 13.2 Å². The molecule has 2 aliphatic heterocycles. The molecule has 1 unspecified atom stereocenters. The molecule has 7 heteroatoms. The fourth-order valence-corrected chi connectivity index (χ4v) is 3.06. The van der Waals surface area contributed by atoms with Crippen LogP contribution in [0.25, 0.3) is 0 Å². The van der Waals surface area contributed by atoms with Crippen LogP contribution < -0.4 is 0 Å². The maximum atomic E-state index is 12.3. The lowest BCUT2D eigenvalue weighted by molar-refractivity contribution is -0.159. The predicted molar refractivity (Wildman–Crippen MR) is 68.9 cm³/mol. The van der Waals surface area contributed by atoms with Crippen molar-refractivity contribution in [1.82, 2.24) is 9.80 Å². The number of carbonyl (C=O) groups excluding carboxylic acids is 1. The minimum absolute atomic E-state index is 0.194. The minimum Gasteiger partial charge on any atom is -0.332 e. The third kappa shape index (κ3) is 3.51. The molecule has 0 aromatic rings. The third-order valence-corrected chi connectivity index (χ3v) is 4.59. The molecule has 2 heterocycles. The molecule has 0 saturated carbocycles. The fraction of sp³-hybridized carbons (Fsp3) is 0.750. The summed E-state index contributed by atoms with van der Waals surface area (Å²) in [6.45, 7) is 2.43. The molecule has 0 N–H and O–H groups in total. The van der Waals surface area contributed by atoms with Gasteiger partial charge in [-0.2, -0.15) is 13.2 Å². The van der Waals surface area contributed by atoms with Crippen LogP contribution in [-0.4, -0.2) is 54.1 Å². The number of nitrogens with zero attached hydrogens (tertiary/aromatic N) is 2. The van der Waals surface area contributed by atoms with Crippen molar-refractivity contribution in [1.29, 1.82) is 0 Å². The van der Waals surface area contributed by atoms with Crippen LogP contribution >= 0.6 is 15.9 Å². The van der Waals surface area contributed by atoms with E-state index < -0.39 is 24.7 Å². The van der Waals surface area contributed by atoms with Crippen molar-refractivity contribution in [3.63, 3.8) is 0 Å². The van der Waals surface area contributed by atoms with E-state index in [2.05, 4.69) is 15.9 Å². The molecular weight excluding hydrogens is 325 g/mol. The number of hydrogen-bond acceptors (Lipinski definition) is 2. The standard InChI is InChI=1S/C12H16BrF3N2O/c1-8-2-4-17(6-9(8)13)10-3-5-18(11(10)19)7-12(14,15)16/h10H,2-7H2,1H3. The average molecular weight is 341 g/mol. The Morgan fingerprint density at radius 2 is 2.05 bits per heavy atom. The largest absolute Gasteiger partial charge is 0.406 e. The molecule has 0 bridgehead atoms. The van der Waals surface area contributed by atoms with Gasteiger partial charge in [-0.1, -0.05) is 21.5 Å². The first-order chi connectivity index (χ1) is 8.78. The molecule has 19 heavy (non-hydrogen) atoms. The van der Waals surface area contributed by atoms with Gasteiger partial charge >= 0.3 is 6.18 Å². The van der Waals surface area contributed by atoms with E-state index in [0.717, 1.165) is 22.3 Å². The fourth-order valence-electron chi connectivity index (χ4n) is 2.54. The topological polar surface area (TPSA) is 23.6 Å². The Morgan fingerprint density at radius 1 is 1.37 bits per heavy atom. The number of carbonyl (C=O) groups is 1. The number of likely N-dealkylation sites (tertiary alicyclic amines) is 1. The molecule has 2 aliphatic rings. The highest BCUT2D eigenvalue weighted by atomic mass is 79.9. The highest BCUT2D eigenvalue weighted by Crippen LogP contribution is 2.28. The molecule has 0 aromatic heterocycles. The number of halogens is 4. The van der Waals surface area contributed by atoms with Gasteiger partial charge in [-0.3, -0.25) is 9.69 Å². The van der Waals surface area contributed by atoms with Crippen molar-refractivity contribution in [2.45, 2.75) is 32.0 Å². The first-order valence-corrected chi connectivity index (χ1v) is 7.01. The molecular formula is C12H16BrF3N2O. The second kappa shape index (κ2) is 5.44. The van der Waals surface area contributed by atoms with Gasteiger partial charge in [0.05, 0.1) is 6.04 Å². The lowest BCUT2D eigenvalue weighted by Crippen LogP contribution is -2.46. The van der Waals surface area contributed by atoms with Crippen molar-refractivity contribution in [3.8, 4) is 0 Å². The first kappa shape index (κ1) is 14.8. The summed E-state index contributed by atoms with van der Waals surface area (Å²) in [4.78, 5) is 14.9. The average Bonchev–Trinajstić information content (AvgIpc) is 2.63. The summed E-state index contributed by atoms with van der Waals surface area (Å²) < 4.78 is 38.1. The van der Waals surface area contributed by atoms with Crippen LogP contribution in [-0.2, 0) is 4.79 Å². The van der Waals surface area contributed by atoms with E-state index >= 15 is 0 Å². The molecule has 0 aromatic carbocycles. The Bertz CT molecular complexity index is 408. The van der Waals surface area contributed by atoms with Gasteiger partial charge in [-0.15, -0.1) is 0 Å². The maximum Gasteiger partial charge on any atom is 0.406 e. The monoisotopic (exact) mass is 340 g/mol. The first-order valence-electron chi connectivity index (χ1n) is 6.21. The lowest BCUT2D eigenvalue weighted by Gasteiger charge is -2.32. The zero-order chi connectivity index (χ0) is 14.2. The zero-order valence-electron chi connectivity index (χ0n) is 10.6. The van der Waals surface area contributed by atoms with Crippen molar-refractivity contribution in [3.05, 3.63) is 10.1 Å². The van der Waals surface area contributed by atoms with Crippen molar-refractivity contribution < 1.29 is 18.0 Å². The van der Waals surface area contributed by atoms with Gasteiger partial charge in [0.1, 0.15) is 6.54 Å². The molecule has 0 aliphatic carbocycles. The number of hydrogen-bond donors (Lipinski definition) is 0. The predicted octanol–water partition coefficient (Wildman–Crippen LogP) is 2.52. The van der Waals surface area contributed by atoms with Crippen molar-refractivity contribution in [2.75, 3.05) is 26.2 Å². The Morgan fingerprint density at radius 3 is 2.63 bits per heavy atom. The SMILES string of the molecule is CC1=C(Br)CN(C2CCN(CC(F)(F)F)C2=O)CC1. The van der Waals surface area contributed by atoms with Crippen LogP contribution in [0.1, 0.15) is 19.8 Å². The quantitative estimate of drug-likeness (QED) is 0.771. The Hall–Kier alpha value is -0.560. The molecule has 2 rings (SSSR count). The minimum atomic E-state index is -4.32. The van der Waals surface area contributed by atoms with Crippen LogP contribution in [0.3, 0.4) is 0 Å². The molecule has 1 fully saturated rings. The van der Waals surface area contributed by atoms with E-state index in [1.54, 1.807) is 0 Å². The number of alkyl halides is 3. The summed E-state index contributed by atoms with van der Waals surface area (Å²) in [7, 11) is 0. The molecule has 3 nitrogen and oxygen atoms in total. The smallest absolute Gasteiger partial charge is 0.332 e. The summed E-state index contributed by atoms with van der Waals surface area (Å²) >= 11 is 3.46. The lowest BCUT2D eigenvalue weighted by atomic mass is 10.1. The zero-order valence-corrected chi connectivity index (χ0v) is 12.2. The number of amides is 1. The maximum absolute atomic E-state index is 12.3. The summed E-state index contributed by atoms with van der Waals surface area (Å²) in [5.74, 6) is -0.392. The van der Waals surface area contributed by atoms with E-state index in [1.807, 2.05) is 11.8 Å². The van der Waals surface area contributed by atoms with Crippen LogP contribution in [0.2, 0.25) is 0 Å². The number of rotatable bonds is 2. The van der Waals surface area contributed by atoms with Gasteiger partial charge in [0.25, 0.3) is 0 Å². The molecule has 108 valence electrons. The van der Waals surface area contributed by atoms with E-state index in [9.17, 15) is 18.0 Å². The third-order valence-electron chi connectivity index (χ3n) is 3.66. The Labute approximate surface area is 118 Å². The van der Waals surface area contributed by atoms with Crippen LogP contribution in [0.5, 0.6) is 0 Å². The van der Waals surface area contributed by atoms with Gasteiger partial charge in [0.15, 0.2) is 0 Å². The van der Waals surface area contributed by atoms with Crippen molar-refractivity contribution in [2.24, 2.45) is 0 Å². The van der Waals surface area contributed by atoms with Gasteiger partial charge in [-0.05, 0) is 19.8 Å². The molecule has 1 atom stereocenters. The molecule has 0 spiro atoms. The van der Waals surface area contributed by atoms with E-state index in [1.165, 1.54) is 5.57 Å². The van der Waals surface area contributed by atoms with E-state index in [0.29, 0.717) is 13.0 Å². The summed E-state index contributed by atoms with van der Waals surface area (Å²) in [6, 6.07) is -0.400. The normalized spacial score (nSPS) is 26.5. The molecule has 1 saturated heterocycles. The second-order valence-electron chi connectivity index (χ2n) is 5.09. The van der Waals surface area contributed by atoms with E-state index in [4.69, 9.17) is 0 Å². The molecule has 1 amide bonds.